The molecule has 84 valence electrons. The topological polar surface area (TPSA) is 52.1 Å². The Kier molecular flexibility index (Phi) is 3.07. The summed E-state index contributed by atoms with van der Waals surface area (Å²) in [5.74, 6) is 0.206. The highest BCUT2D eigenvalue weighted by Gasteiger charge is 2.17. The molecule has 0 aromatic carbocycles. The van der Waals surface area contributed by atoms with E-state index in [9.17, 15) is 4.79 Å². The summed E-state index contributed by atoms with van der Waals surface area (Å²) in [5, 5.41) is 2.57. The highest BCUT2D eigenvalue weighted by atomic mass is 35.5. The smallest absolute Gasteiger partial charge is 0.339 e. The minimum Gasteiger partial charge on any atom is -0.462 e. The van der Waals surface area contributed by atoms with Crippen molar-refractivity contribution >= 4 is 39.1 Å². The first-order chi connectivity index (χ1) is 7.63. The Labute approximate surface area is 101 Å². The zero-order valence-electron chi connectivity index (χ0n) is 8.78. The molecule has 0 spiro atoms. The molecule has 0 bridgehead atoms. The van der Waals surface area contributed by atoms with Crippen LogP contribution >= 0.6 is 22.9 Å². The van der Waals surface area contributed by atoms with Crippen LogP contribution in [0.25, 0.3) is 10.2 Å². The molecule has 0 aliphatic heterocycles. The molecular weight excluding hydrogens is 248 g/mol. The Balaban J connectivity index is 2.60. The van der Waals surface area contributed by atoms with E-state index in [-0.39, 0.29) is 5.97 Å². The molecule has 2 heterocycles. The number of hydrogen-bond donors (Lipinski definition) is 0. The molecule has 0 atom stereocenters. The number of esters is 1. The fourth-order valence-electron chi connectivity index (χ4n) is 1.36. The van der Waals surface area contributed by atoms with Crippen LogP contribution in [0.5, 0.6) is 0 Å². The Morgan fingerprint density at radius 1 is 1.56 bits per heavy atom. The molecule has 0 saturated heterocycles. The maximum absolute atomic E-state index is 11.6. The molecule has 6 heteroatoms. The van der Waals surface area contributed by atoms with Crippen molar-refractivity contribution in [3.8, 4) is 0 Å². The molecular formula is C10H9ClN2O2S. The van der Waals surface area contributed by atoms with Gasteiger partial charge in [-0.1, -0.05) is 11.6 Å². The summed E-state index contributed by atoms with van der Waals surface area (Å²) in [7, 11) is 0. The molecule has 0 amide bonds. The zero-order valence-corrected chi connectivity index (χ0v) is 10.4. The van der Waals surface area contributed by atoms with E-state index < -0.39 is 0 Å². The summed E-state index contributed by atoms with van der Waals surface area (Å²) in [6, 6.07) is 0. The minimum atomic E-state index is -0.386. The van der Waals surface area contributed by atoms with Crippen LogP contribution in [0.3, 0.4) is 0 Å². The molecule has 0 aliphatic rings. The van der Waals surface area contributed by atoms with Gasteiger partial charge in [0.15, 0.2) is 0 Å². The van der Waals surface area contributed by atoms with E-state index in [0.29, 0.717) is 33.4 Å². The average Bonchev–Trinajstić information content (AvgIpc) is 2.61. The predicted molar refractivity (Wildman–Crippen MR) is 63.1 cm³/mol. The van der Waals surface area contributed by atoms with Gasteiger partial charge in [0.05, 0.1) is 17.6 Å². The quantitative estimate of drug-likeness (QED) is 0.612. The van der Waals surface area contributed by atoms with E-state index in [1.165, 1.54) is 11.3 Å². The van der Waals surface area contributed by atoms with E-state index in [4.69, 9.17) is 16.3 Å². The molecule has 16 heavy (non-hydrogen) atoms. The lowest BCUT2D eigenvalue weighted by Gasteiger charge is -2.01. The Hall–Kier alpha value is -1.20. The third-order valence-corrected chi connectivity index (χ3v) is 3.14. The standard InChI is InChI=1S/C10H9ClN2O2S/c1-3-15-10(14)6-4-16-9-7(6)8(11)12-5(2)13-9/h4H,3H2,1-2H3. The molecule has 0 fully saturated rings. The molecule has 2 aromatic rings. The third-order valence-electron chi connectivity index (χ3n) is 2.00. The SMILES string of the molecule is CCOC(=O)c1csc2nc(C)nc(Cl)c12. The van der Waals surface area contributed by atoms with Gasteiger partial charge in [0.1, 0.15) is 15.8 Å². The fraction of sp³-hybridized carbons (Fsp3) is 0.300. The molecule has 2 aromatic heterocycles. The van der Waals surface area contributed by atoms with Gasteiger partial charge in [0, 0.05) is 5.38 Å². The lowest BCUT2D eigenvalue weighted by molar-refractivity contribution is 0.0529. The van der Waals surface area contributed by atoms with Crippen LogP contribution in [0.2, 0.25) is 5.15 Å². The van der Waals surface area contributed by atoms with Crippen LogP contribution in [-0.4, -0.2) is 22.5 Å². The van der Waals surface area contributed by atoms with Crippen molar-refractivity contribution in [3.63, 3.8) is 0 Å². The van der Waals surface area contributed by atoms with Crippen LogP contribution in [-0.2, 0) is 4.74 Å². The third kappa shape index (κ3) is 1.88. The first-order valence-corrected chi connectivity index (χ1v) is 5.97. The lowest BCUT2D eigenvalue weighted by atomic mass is 10.2. The van der Waals surface area contributed by atoms with Gasteiger partial charge in [-0.25, -0.2) is 14.8 Å². The van der Waals surface area contributed by atoms with Crippen LogP contribution in [0.1, 0.15) is 23.1 Å². The Bertz CT molecular complexity index is 553. The van der Waals surface area contributed by atoms with E-state index >= 15 is 0 Å². The van der Waals surface area contributed by atoms with Gasteiger partial charge in [0.2, 0.25) is 0 Å². The normalized spacial score (nSPS) is 10.7. The second-order valence-electron chi connectivity index (χ2n) is 3.11. The molecule has 0 aliphatic carbocycles. The maximum atomic E-state index is 11.6. The van der Waals surface area contributed by atoms with E-state index in [1.54, 1.807) is 19.2 Å². The van der Waals surface area contributed by atoms with Crippen LogP contribution < -0.4 is 0 Å². The van der Waals surface area contributed by atoms with Crippen molar-refractivity contribution in [2.75, 3.05) is 6.61 Å². The van der Waals surface area contributed by atoms with Gasteiger partial charge < -0.3 is 4.74 Å². The van der Waals surface area contributed by atoms with Crippen LogP contribution in [0.15, 0.2) is 5.38 Å². The van der Waals surface area contributed by atoms with Crippen molar-refractivity contribution in [1.82, 2.24) is 9.97 Å². The van der Waals surface area contributed by atoms with E-state index in [1.807, 2.05) is 0 Å². The molecule has 0 saturated carbocycles. The first kappa shape index (κ1) is 11.3. The van der Waals surface area contributed by atoms with Crippen molar-refractivity contribution in [1.29, 1.82) is 0 Å². The number of nitrogens with zero attached hydrogens (tertiary/aromatic N) is 2. The molecule has 4 nitrogen and oxygen atoms in total. The lowest BCUT2D eigenvalue weighted by Crippen LogP contribution is -2.04. The second-order valence-corrected chi connectivity index (χ2v) is 4.33. The zero-order chi connectivity index (χ0) is 11.7. The number of aryl methyl sites for hydroxylation is 1. The number of thiophene rings is 1. The summed E-state index contributed by atoms with van der Waals surface area (Å²) < 4.78 is 4.93. The monoisotopic (exact) mass is 256 g/mol. The van der Waals surface area contributed by atoms with Crippen LogP contribution in [0.4, 0.5) is 0 Å². The second kappa shape index (κ2) is 4.35. The van der Waals surface area contributed by atoms with Gasteiger partial charge in [0.25, 0.3) is 0 Å². The van der Waals surface area contributed by atoms with Gasteiger partial charge in [-0.3, -0.25) is 0 Å². The van der Waals surface area contributed by atoms with E-state index in [2.05, 4.69) is 9.97 Å². The number of carbonyl (C=O) groups is 1. The summed E-state index contributed by atoms with van der Waals surface area (Å²) in [5.41, 5.74) is 0.437. The predicted octanol–water partition coefficient (Wildman–Crippen LogP) is 2.83. The Morgan fingerprint density at radius 2 is 2.31 bits per heavy atom. The van der Waals surface area contributed by atoms with Gasteiger partial charge in [-0.15, -0.1) is 11.3 Å². The number of hydrogen-bond acceptors (Lipinski definition) is 5. The number of ether oxygens (including phenoxy) is 1. The summed E-state index contributed by atoms with van der Waals surface area (Å²) >= 11 is 7.36. The van der Waals surface area contributed by atoms with Crippen molar-refractivity contribution in [2.45, 2.75) is 13.8 Å². The van der Waals surface area contributed by atoms with Gasteiger partial charge in [-0.2, -0.15) is 0 Å². The summed E-state index contributed by atoms with van der Waals surface area (Å²) in [6.45, 7) is 3.85. The number of fused-ring (bicyclic) bond motifs is 1. The maximum Gasteiger partial charge on any atom is 0.339 e. The number of aromatic nitrogens is 2. The molecule has 0 N–H and O–H groups in total. The Morgan fingerprint density at radius 3 is 3.00 bits per heavy atom. The molecule has 2 rings (SSSR count). The van der Waals surface area contributed by atoms with Gasteiger partial charge >= 0.3 is 5.97 Å². The van der Waals surface area contributed by atoms with Gasteiger partial charge in [-0.05, 0) is 13.8 Å². The highest BCUT2D eigenvalue weighted by molar-refractivity contribution is 7.17. The largest absolute Gasteiger partial charge is 0.462 e. The van der Waals surface area contributed by atoms with Crippen LogP contribution in [0, 0.1) is 6.92 Å². The molecule has 0 unspecified atom stereocenters. The van der Waals surface area contributed by atoms with Crippen molar-refractivity contribution < 1.29 is 9.53 Å². The average molecular weight is 257 g/mol. The number of halogens is 1. The molecule has 0 radical (unpaired) electrons. The summed E-state index contributed by atoms with van der Waals surface area (Å²) in [6.07, 6.45) is 0. The minimum absolute atomic E-state index is 0.298. The fourth-order valence-corrected chi connectivity index (χ4v) is 2.68. The number of carbonyl (C=O) groups excluding carboxylic acids is 1. The highest BCUT2D eigenvalue weighted by Crippen LogP contribution is 2.30. The van der Waals surface area contributed by atoms with Crippen molar-refractivity contribution in [2.24, 2.45) is 0 Å². The first-order valence-electron chi connectivity index (χ1n) is 4.72. The number of rotatable bonds is 2. The van der Waals surface area contributed by atoms with E-state index in [0.717, 1.165) is 0 Å². The summed E-state index contributed by atoms with van der Waals surface area (Å²) in [4.78, 5) is 20.6. The van der Waals surface area contributed by atoms with Crippen molar-refractivity contribution in [3.05, 3.63) is 21.9 Å².